The molecule has 0 amide bonds. The van der Waals surface area contributed by atoms with Crippen molar-refractivity contribution >= 4 is 21.7 Å². The van der Waals surface area contributed by atoms with Crippen molar-refractivity contribution in [1.29, 1.82) is 0 Å². The van der Waals surface area contributed by atoms with Gasteiger partial charge < -0.3 is 0 Å². The maximum Gasteiger partial charge on any atom is 0.169 e. The van der Waals surface area contributed by atoms with E-state index in [0.29, 0.717) is 5.33 Å². The Bertz CT molecular complexity index is 147. The number of rotatable bonds is 3. The van der Waals surface area contributed by atoms with Gasteiger partial charge in [-0.05, 0) is 12.5 Å². The van der Waals surface area contributed by atoms with E-state index in [0.717, 1.165) is 5.57 Å². The molecule has 0 atom stereocenters. The van der Waals surface area contributed by atoms with E-state index in [1.165, 1.54) is 0 Å². The van der Waals surface area contributed by atoms with Gasteiger partial charge in [0.1, 0.15) is 0 Å². The van der Waals surface area contributed by atoms with Gasteiger partial charge in [-0.3, -0.25) is 4.79 Å². The summed E-state index contributed by atoms with van der Waals surface area (Å²) >= 11 is 3.06. The summed E-state index contributed by atoms with van der Waals surface area (Å²) < 4.78 is 0. The second-order valence-corrected chi connectivity index (χ2v) is 2.20. The molecule has 0 spiro atoms. The average molecular weight is 189 g/mol. The maximum absolute atomic E-state index is 10.7. The summed E-state index contributed by atoms with van der Waals surface area (Å²) in [5.74, 6) is 0.106. The number of ketones is 1. The maximum atomic E-state index is 10.7. The van der Waals surface area contributed by atoms with Crippen molar-refractivity contribution in [3.63, 3.8) is 0 Å². The number of Topliss-reactive ketones (excluding diaryl/α,β-unsaturated/α-hetero) is 1. The molecule has 0 fully saturated rings. The van der Waals surface area contributed by atoms with E-state index < -0.39 is 0 Å². The molecule has 0 saturated carbocycles. The molecule has 0 saturated heterocycles. The first-order valence-electron chi connectivity index (χ1n) is 2.61. The molecule has 0 aromatic carbocycles. The molecular formula is C7H9BrO. The highest BCUT2D eigenvalue weighted by Crippen LogP contribution is 1.97. The van der Waals surface area contributed by atoms with Crippen LogP contribution in [0.5, 0.6) is 0 Å². The van der Waals surface area contributed by atoms with Crippen molar-refractivity contribution in [3.05, 3.63) is 24.3 Å². The minimum Gasteiger partial charge on any atom is -0.294 e. The monoisotopic (exact) mass is 188 g/mol. The first kappa shape index (κ1) is 8.63. The summed E-state index contributed by atoms with van der Waals surface area (Å²) in [4.78, 5) is 10.7. The lowest BCUT2D eigenvalue weighted by Gasteiger charge is -1.90. The molecule has 0 unspecified atom stereocenters. The van der Waals surface area contributed by atoms with E-state index in [1.807, 2.05) is 0 Å². The van der Waals surface area contributed by atoms with E-state index in [2.05, 4.69) is 22.5 Å². The number of carbonyl (C=O) groups is 1. The van der Waals surface area contributed by atoms with E-state index >= 15 is 0 Å². The highest BCUT2D eigenvalue weighted by Gasteiger charge is 1.97. The third-order valence-corrected chi connectivity index (χ3v) is 1.44. The first-order chi connectivity index (χ1) is 4.22. The highest BCUT2D eigenvalue weighted by molar-refractivity contribution is 9.09. The van der Waals surface area contributed by atoms with Gasteiger partial charge >= 0.3 is 0 Å². The summed E-state index contributed by atoms with van der Waals surface area (Å²) in [5.41, 5.74) is 0.738. The highest BCUT2D eigenvalue weighted by atomic mass is 79.9. The largest absolute Gasteiger partial charge is 0.294 e. The Morgan fingerprint density at radius 2 is 2.33 bits per heavy atom. The fraction of sp³-hybridized carbons (Fsp3) is 0.286. The van der Waals surface area contributed by atoms with Gasteiger partial charge in [0.05, 0.1) is 5.33 Å². The molecule has 0 rings (SSSR count). The lowest BCUT2D eigenvalue weighted by atomic mass is 10.2. The van der Waals surface area contributed by atoms with Crippen molar-refractivity contribution in [1.82, 2.24) is 0 Å². The molecule has 0 aromatic rings. The van der Waals surface area contributed by atoms with Gasteiger partial charge in [-0.15, -0.1) is 0 Å². The zero-order valence-corrected chi connectivity index (χ0v) is 6.94. The second kappa shape index (κ2) is 4.50. The Labute approximate surface area is 63.6 Å². The van der Waals surface area contributed by atoms with Crippen LogP contribution < -0.4 is 0 Å². The minimum atomic E-state index is 0.106. The number of hydrogen-bond donors (Lipinski definition) is 0. The van der Waals surface area contributed by atoms with Gasteiger partial charge in [0.15, 0.2) is 5.78 Å². The molecule has 1 nitrogen and oxygen atoms in total. The Morgan fingerprint density at radius 3 is 2.67 bits per heavy atom. The molecule has 2 heteroatoms. The van der Waals surface area contributed by atoms with Gasteiger partial charge in [-0.25, -0.2) is 0 Å². The predicted molar refractivity (Wildman–Crippen MR) is 42.8 cm³/mol. The van der Waals surface area contributed by atoms with E-state index in [9.17, 15) is 4.79 Å². The topological polar surface area (TPSA) is 17.1 Å². The van der Waals surface area contributed by atoms with Gasteiger partial charge in [0.25, 0.3) is 0 Å². The number of hydrogen-bond acceptors (Lipinski definition) is 1. The zero-order valence-electron chi connectivity index (χ0n) is 5.36. The SMILES string of the molecule is C=CC=C(C)C(=O)CBr. The van der Waals surface area contributed by atoms with Crippen LogP contribution >= 0.6 is 15.9 Å². The van der Waals surface area contributed by atoms with Crippen molar-refractivity contribution in [2.45, 2.75) is 6.92 Å². The smallest absolute Gasteiger partial charge is 0.169 e. The quantitative estimate of drug-likeness (QED) is 0.377. The van der Waals surface area contributed by atoms with Crippen LogP contribution in [0, 0.1) is 0 Å². The number of allylic oxidation sites excluding steroid dienone is 3. The third-order valence-electron chi connectivity index (χ3n) is 0.929. The summed E-state index contributed by atoms with van der Waals surface area (Å²) in [6, 6.07) is 0. The Kier molecular flexibility index (Phi) is 4.32. The molecule has 0 aromatic heterocycles. The summed E-state index contributed by atoms with van der Waals surface area (Å²) in [6.07, 6.45) is 3.31. The van der Waals surface area contributed by atoms with Gasteiger partial charge in [-0.1, -0.05) is 34.7 Å². The number of alkyl halides is 1. The second-order valence-electron chi connectivity index (χ2n) is 1.64. The van der Waals surface area contributed by atoms with Crippen molar-refractivity contribution in [2.24, 2.45) is 0 Å². The normalized spacial score (nSPS) is 11.1. The van der Waals surface area contributed by atoms with Crippen LogP contribution in [-0.4, -0.2) is 11.1 Å². The van der Waals surface area contributed by atoms with Crippen LogP contribution in [0.15, 0.2) is 24.3 Å². The van der Waals surface area contributed by atoms with Crippen LogP contribution in [0.4, 0.5) is 0 Å². The fourth-order valence-electron chi connectivity index (χ4n) is 0.375. The lowest BCUT2D eigenvalue weighted by molar-refractivity contribution is -0.113. The van der Waals surface area contributed by atoms with Crippen LogP contribution in [0.25, 0.3) is 0 Å². The molecule has 0 aliphatic heterocycles. The first-order valence-corrected chi connectivity index (χ1v) is 3.73. The van der Waals surface area contributed by atoms with Gasteiger partial charge in [0.2, 0.25) is 0 Å². The molecule has 50 valence electrons. The van der Waals surface area contributed by atoms with Crippen LogP contribution in [0.2, 0.25) is 0 Å². The summed E-state index contributed by atoms with van der Waals surface area (Å²) in [7, 11) is 0. The van der Waals surface area contributed by atoms with Crippen LogP contribution in [0.3, 0.4) is 0 Å². The zero-order chi connectivity index (χ0) is 7.28. The van der Waals surface area contributed by atoms with Crippen molar-refractivity contribution < 1.29 is 4.79 Å². The average Bonchev–Trinajstić information content (AvgIpc) is 1.87. The summed E-state index contributed by atoms with van der Waals surface area (Å²) in [6.45, 7) is 5.24. The Morgan fingerprint density at radius 1 is 1.78 bits per heavy atom. The lowest BCUT2D eigenvalue weighted by Crippen LogP contribution is -1.98. The van der Waals surface area contributed by atoms with Crippen molar-refractivity contribution in [3.8, 4) is 0 Å². The molecule has 0 aliphatic rings. The fourth-order valence-corrected chi connectivity index (χ4v) is 0.817. The molecule has 9 heavy (non-hydrogen) atoms. The molecule has 0 N–H and O–H groups in total. The van der Waals surface area contributed by atoms with Crippen molar-refractivity contribution in [2.75, 3.05) is 5.33 Å². The number of carbonyl (C=O) groups excluding carboxylic acids is 1. The van der Waals surface area contributed by atoms with E-state index in [1.54, 1.807) is 19.1 Å². The minimum absolute atomic E-state index is 0.106. The molecule has 0 heterocycles. The molecular weight excluding hydrogens is 180 g/mol. The number of halogens is 1. The van der Waals surface area contributed by atoms with Crippen LogP contribution in [0.1, 0.15) is 6.92 Å². The summed E-state index contributed by atoms with van der Waals surface area (Å²) in [5, 5.41) is 0.392. The Hall–Kier alpha value is -0.370. The standard InChI is InChI=1S/C7H9BrO/c1-3-4-6(2)7(9)5-8/h3-4H,1,5H2,2H3. The van der Waals surface area contributed by atoms with E-state index in [4.69, 9.17) is 0 Å². The van der Waals surface area contributed by atoms with Gasteiger partial charge in [-0.2, -0.15) is 0 Å². The molecule has 0 radical (unpaired) electrons. The molecule has 0 bridgehead atoms. The third kappa shape index (κ3) is 3.25. The Balaban J connectivity index is 4.01. The predicted octanol–water partition coefficient (Wildman–Crippen LogP) is 2.08. The van der Waals surface area contributed by atoms with Crippen LogP contribution in [-0.2, 0) is 4.79 Å². The van der Waals surface area contributed by atoms with E-state index in [-0.39, 0.29) is 5.78 Å². The molecule has 0 aliphatic carbocycles. The van der Waals surface area contributed by atoms with Gasteiger partial charge in [0, 0.05) is 0 Å².